The third-order valence-corrected chi connectivity index (χ3v) is 5.03. The second kappa shape index (κ2) is 9.02. The number of piperazine rings is 1. The molecule has 1 aromatic carbocycles. The first kappa shape index (κ1) is 22.5. The first-order chi connectivity index (χ1) is 15.7. The minimum Gasteiger partial charge on any atom is -0.385 e. The number of benzene rings is 1. The van der Waals surface area contributed by atoms with Crippen LogP contribution in [0.1, 0.15) is 5.56 Å². The average molecular weight is 464 g/mol. The van der Waals surface area contributed by atoms with Gasteiger partial charge in [0, 0.05) is 26.2 Å². The Balaban J connectivity index is 1.72. The van der Waals surface area contributed by atoms with Crippen LogP contribution < -0.4 is 15.8 Å². The number of anilines is 1. The van der Waals surface area contributed by atoms with Crippen LogP contribution in [0.25, 0.3) is 11.0 Å². The van der Waals surface area contributed by atoms with E-state index in [4.69, 9.17) is 0 Å². The number of nitrogens with zero attached hydrogens (tertiary/aromatic N) is 5. The van der Waals surface area contributed by atoms with Crippen LogP contribution in [0.3, 0.4) is 0 Å². The summed E-state index contributed by atoms with van der Waals surface area (Å²) in [6, 6.07) is 9.33. The number of aromatic nitrogens is 4. The van der Waals surface area contributed by atoms with Crippen molar-refractivity contribution in [1.29, 1.82) is 0 Å². The van der Waals surface area contributed by atoms with Crippen molar-refractivity contribution in [1.82, 2.24) is 24.6 Å². The van der Waals surface area contributed by atoms with E-state index in [0.717, 1.165) is 18.7 Å². The number of imidazole rings is 1. The predicted molar refractivity (Wildman–Crippen MR) is 110 cm³/mol. The molecule has 1 saturated heterocycles. The Labute approximate surface area is 184 Å². The number of alkyl halides is 3. The number of halogens is 3. The molecule has 1 aliphatic heterocycles. The molecule has 0 bridgehead atoms. The van der Waals surface area contributed by atoms with E-state index in [9.17, 15) is 27.6 Å². The van der Waals surface area contributed by atoms with Crippen LogP contribution >= 0.6 is 0 Å². The standard InChI is InChI=1S/C20H19F3N6O4/c21-20(22,23)18(32)33-15(30)12-29-17(31)16-14(10-25-29)26-19(27-8-6-24-7-9-27)28(16)11-13-4-2-1-3-5-13/h1-5,10,24H,6-9,11-12H2. The van der Waals surface area contributed by atoms with E-state index in [1.807, 2.05) is 35.2 Å². The van der Waals surface area contributed by atoms with Crippen LogP contribution in [-0.4, -0.2) is 63.6 Å². The zero-order valence-electron chi connectivity index (χ0n) is 17.2. The number of hydrogen-bond acceptors (Lipinski definition) is 8. The Morgan fingerprint density at radius 1 is 1.12 bits per heavy atom. The predicted octanol–water partition coefficient (Wildman–Crippen LogP) is 0.683. The van der Waals surface area contributed by atoms with E-state index in [0.29, 0.717) is 30.3 Å². The van der Waals surface area contributed by atoms with E-state index in [2.05, 4.69) is 20.1 Å². The van der Waals surface area contributed by atoms with Gasteiger partial charge in [-0.3, -0.25) is 4.79 Å². The summed E-state index contributed by atoms with van der Waals surface area (Å²) in [5.74, 6) is -3.67. The first-order valence-electron chi connectivity index (χ1n) is 10.0. The number of esters is 2. The largest absolute Gasteiger partial charge is 0.491 e. The molecular formula is C20H19F3N6O4. The highest BCUT2D eigenvalue weighted by atomic mass is 19.4. The van der Waals surface area contributed by atoms with E-state index < -0.39 is 30.2 Å². The summed E-state index contributed by atoms with van der Waals surface area (Å²) in [4.78, 5) is 42.4. The second-order valence-electron chi connectivity index (χ2n) is 7.32. The van der Waals surface area contributed by atoms with Crippen molar-refractivity contribution in [2.24, 2.45) is 0 Å². The first-order valence-corrected chi connectivity index (χ1v) is 10.0. The zero-order chi connectivity index (χ0) is 23.6. The van der Waals surface area contributed by atoms with Crippen LogP contribution in [0, 0.1) is 0 Å². The molecule has 0 amide bonds. The maximum atomic E-state index is 13.1. The van der Waals surface area contributed by atoms with Crippen molar-refractivity contribution >= 4 is 28.9 Å². The maximum absolute atomic E-state index is 13.1. The fourth-order valence-electron chi connectivity index (χ4n) is 3.52. The topological polar surface area (TPSA) is 111 Å². The molecule has 174 valence electrons. The van der Waals surface area contributed by atoms with Crippen LogP contribution in [-0.2, 0) is 27.4 Å². The molecule has 1 N–H and O–H groups in total. The number of nitrogens with one attached hydrogen (secondary N) is 1. The summed E-state index contributed by atoms with van der Waals surface area (Å²) in [7, 11) is 0. The number of carbonyl (C=O) groups is 2. The van der Waals surface area contributed by atoms with Gasteiger partial charge in [0.25, 0.3) is 5.56 Å². The molecule has 1 fully saturated rings. The third kappa shape index (κ3) is 4.87. The molecule has 0 spiro atoms. The Hall–Kier alpha value is -3.74. The van der Waals surface area contributed by atoms with Gasteiger partial charge in [-0.15, -0.1) is 0 Å². The lowest BCUT2D eigenvalue weighted by atomic mass is 10.2. The lowest BCUT2D eigenvalue weighted by molar-refractivity contribution is -0.202. The van der Waals surface area contributed by atoms with E-state index in [1.165, 1.54) is 6.20 Å². The zero-order valence-corrected chi connectivity index (χ0v) is 17.2. The SMILES string of the molecule is O=C(Cn1ncc2nc(N3CCNCC3)n(Cc3ccccc3)c2c1=O)OC(=O)C(F)(F)F. The average Bonchev–Trinajstić information content (AvgIpc) is 3.15. The highest BCUT2D eigenvalue weighted by molar-refractivity contribution is 5.88. The molecule has 0 saturated carbocycles. The van der Waals surface area contributed by atoms with Crippen LogP contribution in [0.15, 0.2) is 41.3 Å². The second-order valence-corrected chi connectivity index (χ2v) is 7.32. The van der Waals surface area contributed by atoms with Gasteiger partial charge in [-0.1, -0.05) is 30.3 Å². The quantitative estimate of drug-likeness (QED) is 0.434. The van der Waals surface area contributed by atoms with Gasteiger partial charge in [0.2, 0.25) is 5.95 Å². The fraction of sp³-hybridized carbons (Fsp3) is 0.350. The van der Waals surface area contributed by atoms with Gasteiger partial charge in [0.05, 0.1) is 12.7 Å². The molecule has 3 heterocycles. The van der Waals surface area contributed by atoms with Crippen molar-refractivity contribution in [2.75, 3.05) is 31.1 Å². The Morgan fingerprint density at radius 3 is 2.48 bits per heavy atom. The van der Waals surface area contributed by atoms with Gasteiger partial charge in [-0.05, 0) is 5.56 Å². The van der Waals surface area contributed by atoms with Crippen LogP contribution in [0.5, 0.6) is 0 Å². The monoisotopic (exact) mass is 464 g/mol. The van der Waals surface area contributed by atoms with Crippen molar-refractivity contribution < 1.29 is 27.5 Å². The van der Waals surface area contributed by atoms with Crippen molar-refractivity contribution in [3.05, 3.63) is 52.4 Å². The highest BCUT2D eigenvalue weighted by Gasteiger charge is 2.42. The smallest absolute Gasteiger partial charge is 0.385 e. The van der Waals surface area contributed by atoms with Crippen molar-refractivity contribution in [2.45, 2.75) is 19.3 Å². The molecule has 33 heavy (non-hydrogen) atoms. The van der Waals surface area contributed by atoms with Gasteiger partial charge in [-0.2, -0.15) is 18.3 Å². The molecule has 0 unspecified atom stereocenters. The van der Waals surface area contributed by atoms with E-state index in [1.54, 1.807) is 4.57 Å². The summed E-state index contributed by atoms with van der Waals surface area (Å²) >= 11 is 0. The lowest BCUT2D eigenvalue weighted by Gasteiger charge is -2.28. The number of rotatable bonds is 5. The van der Waals surface area contributed by atoms with Crippen LogP contribution in [0.2, 0.25) is 0 Å². The molecule has 0 radical (unpaired) electrons. The Kier molecular flexibility index (Phi) is 6.14. The summed E-state index contributed by atoms with van der Waals surface area (Å²) in [5.41, 5.74) is 0.567. The highest BCUT2D eigenvalue weighted by Crippen LogP contribution is 2.22. The lowest BCUT2D eigenvalue weighted by Crippen LogP contribution is -2.44. The Morgan fingerprint density at radius 2 is 1.82 bits per heavy atom. The Bertz CT molecular complexity index is 1230. The van der Waals surface area contributed by atoms with Crippen LogP contribution in [0.4, 0.5) is 19.1 Å². The van der Waals surface area contributed by atoms with Crippen molar-refractivity contribution in [3.63, 3.8) is 0 Å². The van der Waals surface area contributed by atoms with Gasteiger partial charge < -0.3 is 19.5 Å². The molecule has 3 aromatic rings. The summed E-state index contributed by atoms with van der Waals surface area (Å²) in [5, 5.41) is 7.07. The third-order valence-electron chi connectivity index (χ3n) is 5.03. The van der Waals surface area contributed by atoms with Gasteiger partial charge in [0.15, 0.2) is 0 Å². The molecule has 0 aliphatic carbocycles. The fourth-order valence-corrected chi connectivity index (χ4v) is 3.52. The van der Waals surface area contributed by atoms with Gasteiger partial charge in [0.1, 0.15) is 17.6 Å². The molecule has 1 aliphatic rings. The normalized spacial score (nSPS) is 14.5. The summed E-state index contributed by atoms with van der Waals surface area (Å²) in [6.07, 6.45) is -4.08. The maximum Gasteiger partial charge on any atom is 0.491 e. The van der Waals surface area contributed by atoms with E-state index >= 15 is 0 Å². The summed E-state index contributed by atoms with van der Waals surface area (Å²) in [6.45, 7) is 2.12. The molecule has 10 nitrogen and oxygen atoms in total. The van der Waals surface area contributed by atoms with Gasteiger partial charge in [-0.25, -0.2) is 19.3 Å². The minimum absolute atomic E-state index is 0.136. The minimum atomic E-state index is -5.33. The molecule has 2 aromatic heterocycles. The summed E-state index contributed by atoms with van der Waals surface area (Å²) < 4.78 is 43.2. The van der Waals surface area contributed by atoms with Gasteiger partial charge >= 0.3 is 18.1 Å². The molecule has 4 rings (SSSR count). The number of hydrogen-bond donors (Lipinski definition) is 1. The molecular weight excluding hydrogens is 445 g/mol. The van der Waals surface area contributed by atoms with E-state index in [-0.39, 0.29) is 11.0 Å². The molecule has 0 atom stereocenters. The number of fused-ring (bicyclic) bond motifs is 1. The number of carbonyl (C=O) groups excluding carboxylic acids is 2. The molecule has 13 heteroatoms. The van der Waals surface area contributed by atoms with Crippen molar-refractivity contribution in [3.8, 4) is 0 Å². The number of ether oxygens (including phenoxy) is 1.